The zero-order chi connectivity index (χ0) is 24.9. The van der Waals surface area contributed by atoms with Gasteiger partial charge in [0.2, 0.25) is 5.91 Å². The largest absolute Gasteiger partial charge is 0.416 e. The summed E-state index contributed by atoms with van der Waals surface area (Å²) in [6, 6.07) is 17.6. The van der Waals surface area contributed by atoms with Gasteiger partial charge in [-0.05, 0) is 67.3 Å². The molecule has 0 bridgehead atoms. The number of alkyl halides is 3. The van der Waals surface area contributed by atoms with E-state index in [0.29, 0.717) is 5.69 Å². The van der Waals surface area contributed by atoms with Crippen molar-refractivity contribution in [3.05, 3.63) is 89.5 Å². The number of nitrogens with zero attached hydrogens (tertiary/aromatic N) is 1. The predicted octanol–water partition coefficient (Wildman–Crippen LogP) is 5.25. The summed E-state index contributed by atoms with van der Waals surface area (Å²) in [6.45, 7) is 1.15. The summed E-state index contributed by atoms with van der Waals surface area (Å²) in [5.74, 6) is -0.651. The van der Waals surface area contributed by atoms with Crippen LogP contribution in [0.2, 0.25) is 0 Å². The second-order valence-electron chi connectivity index (χ2n) is 7.50. The molecular formula is C24H23F3N2O3S2. The topological polar surface area (TPSA) is 66.5 Å². The lowest BCUT2D eigenvalue weighted by molar-refractivity contribution is -0.137. The van der Waals surface area contributed by atoms with Crippen molar-refractivity contribution in [3.63, 3.8) is 0 Å². The van der Waals surface area contributed by atoms with E-state index in [-0.39, 0.29) is 17.0 Å². The Balaban J connectivity index is 1.83. The lowest BCUT2D eigenvalue weighted by Crippen LogP contribution is -2.40. The van der Waals surface area contributed by atoms with Gasteiger partial charge in [0.15, 0.2) is 0 Å². The minimum Gasteiger partial charge on any atom is -0.350 e. The van der Waals surface area contributed by atoms with E-state index in [0.717, 1.165) is 26.9 Å². The summed E-state index contributed by atoms with van der Waals surface area (Å²) in [5.41, 5.74) is 0.644. The lowest BCUT2D eigenvalue weighted by Gasteiger charge is -2.24. The summed E-state index contributed by atoms with van der Waals surface area (Å²) < 4.78 is 66.6. The third-order valence-corrected chi connectivity index (χ3v) is 7.53. The van der Waals surface area contributed by atoms with Gasteiger partial charge >= 0.3 is 6.18 Å². The van der Waals surface area contributed by atoms with Crippen molar-refractivity contribution >= 4 is 33.4 Å². The van der Waals surface area contributed by atoms with Gasteiger partial charge in [-0.3, -0.25) is 9.10 Å². The highest BCUT2D eigenvalue weighted by Gasteiger charge is 2.30. The van der Waals surface area contributed by atoms with E-state index in [9.17, 15) is 26.4 Å². The van der Waals surface area contributed by atoms with Crippen LogP contribution in [-0.4, -0.2) is 27.1 Å². The summed E-state index contributed by atoms with van der Waals surface area (Å²) in [7, 11) is -4.08. The minimum absolute atomic E-state index is 0.0246. The minimum atomic E-state index is -4.50. The molecule has 0 aromatic heterocycles. The SMILES string of the molecule is CSc1ccc(S(=O)(=O)N(CC(=O)NCc2cccc(C(F)(F)F)c2)c2ccc(C)cc2)cc1. The van der Waals surface area contributed by atoms with E-state index in [1.165, 1.54) is 36.0 Å². The van der Waals surface area contributed by atoms with E-state index in [1.807, 2.05) is 13.2 Å². The molecule has 1 amide bonds. The number of amides is 1. The van der Waals surface area contributed by atoms with E-state index in [1.54, 1.807) is 36.4 Å². The first-order valence-electron chi connectivity index (χ1n) is 10.2. The van der Waals surface area contributed by atoms with Crippen molar-refractivity contribution in [2.45, 2.75) is 29.4 Å². The molecule has 1 N–H and O–H groups in total. The average molecular weight is 509 g/mol. The van der Waals surface area contributed by atoms with Crippen molar-refractivity contribution in [2.24, 2.45) is 0 Å². The van der Waals surface area contributed by atoms with Crippen LogP contribution in [0, 0.1) is 6.92 Å². The van der Waals surface area contributed by atoms with Gasteiger partial charge in [0, 0.05) is 11.4 Å². The van der Waals surface area contributed by atoms with Crippen LogP contribution in [0.1, 0.15) is 16.7 Å². The molecule has 3 rings (SSSR count). The molecule has 0 fully saturated rings. The predicted molar refractivity (Wildman–Crippen MR) is 127 cm³/mol. The normalized spacial score (nSPS) is 11.8. The van der Waals surface area contributed by atoms with E-state index >= 15 is 0 Å². The molecule has 5 nitrogen and oxygen atoms in total. The number of carbonyl (C=O) groups excluding carboxylic acids is 1. The number of benzene rings is 3. The Morgan fingerprint density at radius 2 is 1.65 bits per heavy atom. The standard InChI is InChI=1S/C24H23F3N2O3S2/c1-17-6-8-20(9-7-17)29(34(31,32)22-12-10-21(33-2)11-13-22)16-23(30)28-15-18-4-3-5-19(14-18)24(25,26)27/h3-14H,15-16H2,1-2H3,(H,28,30). The fraction of sp³-hybridized carbons (Fsp3) is 0.208. The number of sulfonamides is 1. The van der Waals surface area contributed by atoms with Crippen LogP contribution in [-0.2, 0) is 27.5 Å². The van der Waals surface area contributed by atoms with Crippen molar-refractivity contribution in [1.82, 2.24) is 5.32 Å². The zero-order valence-electron chi connectivity index (χ0n) is 18.5. The third-order valence-electron chi connectivity index (χ3n) is 5.00. The molecule has 0 aliphatic carbocycles. The maximum Gasteiger partial charge on any atom is 0.416 e. The fourth-order valence-electron chi connectivity index (χ4n) is 3.15. The summed E-state index contributed by atoms with van der Waals surface area (Å²) in [5, 5.41) is 2.52. The number of carbonyl (C=O) groups is 1. The van der Waals surface area contributed by atoms with Gasteiger partial charge in [0.25, 0.3) is 10.0 Å². The molecule has 0 unspecified atom stereocenters. The second-order valence-corrected chi connectivity index (χ2v) is 10.2. The molecule has 0 radical (unpaired) electrons. The van der Waals surface area contributed by atoms with E-state index in [2.05, 4.69) is 5.32 Å². The molecule has 0 atom stereocenters. The highest BCUT2D eigenvalue weighted by Crippen LogP contribution is 2.29. The lowest BCUT2D eigenvalue weighted by atomic mass is 10.1. The van der Waals surface area contributed by atoms with Gasteiger partial charge in [0.1, 0.15) is 6.54 Å². The molecule has 0 spiro atoms. The maximum absolute atomic E-state index is 13.4. The highest BCUT2D eigenvalue weighted by atomic mass is 32.2. The first-order valence-corrected chi connectivity index (χ1v) is 12.8. The van der Waals surface area contributed by atoms with Gasteiger partial charge < -0.3 is 5.32 Å². The number of hydrogen-bond donors (Lipinski definition) is 1. The van der Waals surface area contributed by atoms with Crippen LogP contribution in [0.4, 0.5) is 18.9 Å². The van der Waals surface area contributed by atoms with E-state index in [4.69, 9.17) is 0 Å². The molecule has 10 heteroatoms. The van der Waals surface area contributed by atoms with Gasteiger partial charge in [-0.2, -0.15) is 13.2 Å². The number of anilines is 1. The zero-order valence-corrected chi connectivity index (χ0v) is 20.1. The van der Waals surface area contributed by atoms with Crippen LogP contribution < -0.4 is 9.62 Å². The van der Waals surface area contributed by atoms with Crippen LogP contribution in [0.25, 0.3) is 0 Å². The second kappa shape index (κ2) is 10.5. The number of aryl methyl sites for hydroxylation is 1. The van der Waals surface area contributed by atoms with Crippen molar-refractivity contribution in [3.8, 4) is 0 Å². The monoisotopic (exact) mass is 508 g/mol. The summed E-state index contributed by atoms with van der Waals surface area (Å²) in [6.07, 6.45) is -2.63. The molecule has 0 heterocycles. The Hall–Kier alpha value is -2.98. The number of halogens is 3. The molecule has 34 heavy (non-hydrogen) atoms. The van der Waals surface area contributed by atoms with Crippen molar-refractivity contribution in [2.75, 3.05) is 17.1 Å². The molecular weight excluding hydrogens is 485 g/mol. The Morgan fingerprint density at radius 1 is 1.00 bits per heavy atom. The van der Waals surface area contributed by atoms with Crippen molar-refractivity contribution in [1.29, 1.82) is 0 Å². The van der Waals surface area contributed by atoms with Crippen molar-refractivity contribution < 1.29 is 26.4 Å². The van der Waals surface area contributed by atoms with Gasteiger partial charge in [-0.1, -0.05) is 29.8 Å². The number of hydrogen-bond acceptors (Lipinski definition) is 4. The van der Waals surface area contributed by atoms with Crippen LogP contribution >= 0.6 is 11.8 Å². The number of thioether (sulfide) groups is 1. The molecule has 0 saturated heterocycles. The smallest absolute Gasteiger partial charge is 0.350 e. The number of rotatable bonds is 8. The number of nitrogens with one attached hydrogen (secondary N) is 1. The van der Waals surface area contributed by atoms with Crippen LogP contribution in [0.3, 0.4) is 0 Å². The molecule has 0 aliphatic rings. The van der Waals surface area contributed by atoms with Crippen LogP contribution in [0.15, 0.2) is 82.6 Å². The quantitative estimate of drug-likeness (QED) is 0.422. The molecule has 3 aromatic rings. The van der Waals surface area contributed by atoms with Gasteiger partial charge in [0.05, 0.1) is 16.1 Å². The first kappa shape index (κ1) is 25.6. The summed E-state index contributed by atoms with van der Waals surface area (Å²) in [4.78, 5) is 13.6. The molecule has 0 aliphatic heterocycles. The Kier molecular flexibility index (Phi) is 7.93. The Bertz CT molecular complexity index is 1240. The Labute approximate surface area is 201 Å². The molecule has 3 aromatic carbocycles. The molecule has 0 saturated carbocycles. The average Bonchev–Trinajstić information content (AvgIpc) is 2.81. The van der Waals surface area contributed by atoms with E-state index < -0.39 is 34.2 Å². The Morgan fingerprint density at radius 3 is 2.24 bits per heavy atom. The van der Waals surface area contributed by atoms with Gasteiger partial charge in [-0.15, -0.1) is 11.8 Å². The van der Waals surface area contributed by atoms with Gasteiger partial charge in [-0.25, -0.2) is 8.42 Å². The first-order chi connectivity index (χ1) is 16.0. The third kappa shape index (κ3) is 6.32. The molecule has 180 valence electrons. The fourth-order valence-corrected chi connectivity index (χ4v) is 4.97. The highest BCUT2D eigenvalue weighted by molar-refractivity contribution is 7.98. The van der Waals surface area contributed by atoms with Crippen LogP contribution in [0.5, 0.6) is 0 Å². The maximum atomic E-state index is 13.4. The summed E-state index contributed by atoms with van der Waals surface area (Å²) >= 11 is 1.47.